The molecular formula is C16H13F2N3S. The number of benzene rings is 2. The topological polar surface area (TPSA) is 30.7 Å². The quantitative estimate of drug-likeness (QED) is 0.680. The molecule has 1 heterocycles. The van der Waals surface area contributed by atoms with Crippen molar-refractivity contribution in [3.63, 3.8) is 0 Å². The molecule has 0 N–H and O–H groups in total. The molecule has 0 radical (unpaired) electrons. The minimum absolute atomic E-state index is 0.244. The zero-order valence-electron chi connectivity index (χ0n) is 11.8. The van der Waals surface area contributed by atoms with E-state index in [1.165, 1.54) is 36.0 Å². The summed E-state index contributed by atoms with van der Waals surface area (Å²) in [6.45, 7) is 0. The lowest BCUT2D eigenvalue weighted by atomic mass is 10.2. The Bertz CT molecular complexity index is 767. The van der Waals surface area contributed by atoms with Crippen LogP contribution in [0.4, 0.5) is 8.78 Å². The highest BCUT2D eigenvalue weighted by molar-refractivity contribution is 7.98. The van der Waals surface area contributed by atoms with E-state index in [9.17, 15) is 8.78 Å². The molecule has 0 atom stereocenters. The lowest BCUT2D eigenvalue weighted by molar-refractivity contribution is 0.627. The predicted octanol–water partition coefficient (Wildman–Crippen LogP) is 4.05. The van der Waals surface area contributed by atoms with Crippen LogP contribution in [0, 0.1) is 11.6 Å². The molecule has 112 valence electrons. The second-order valence-corrected chi connectivity index (χ2v) is 5.73. The van der Waals surface area contributed by atoms with Gasteiger partial charge in [-0.05, 0) is 42.0 Å². The maximum absolute atomic E-state index is 13.0. The third kappa shape index (κ3) is 3.17. The molecule has 0 saturated carbocycles. The smallest absolute Gasteiger partial charge is 0.191 e. The monoisotopic (exact) mass is 317 g/mol. The molecule has 0 fully saturated rings. The van der Waals surface area contributed by atoms with E-state index < -0.39 is 0 Å². The van der Waals surface area contributed by atoms with E-state index in [2.05, 4.69) is 10.2 Å². The fourth-order valence-corrected chi connectivity index (χ4v) is 2.89. The highest BCUT2D eigenvalue weighted by Gasteiger charge is 2.11. The van der Waals surface area contributed by atoms with Gasteiger partial charge in [0.2, 0.25) is 0 Å². The first kappa shape index (κ1) is 14.7. The van der Waals surface area contributed by atoms with Crippen LogP contribution in [0.1, 0.15) is 5.56 Å². The van der Waals surface area contributed by atoms with E-state index in [4.69, 9.17) is 0 Å². The van der Waals surface area contributed by atoms with Gasteiger partial charge in [0.1, 0.15) is 11.6 Å². The number of rotatable bonds is 4. The third-order valence-corrected chi connectivity index (χ3v) is 4.31. The highest BCUT2D eigenvalue weighted by Crippen LogP contribution is 2.25. The van der Waals surface area contributed by atoms with Gasteiger partial charge >= 0.3 is 0 Å². The van der Waals surface area contributed by atoms with Crippen molar-refractivity contribution in [1.82, 2.24) is 14.8 Å². The zero-order valence-corrected chi connectivity index (χ0v) is 12.6. The van der Waals surface area contributed by atoms with Crippen LogP contribution in [-0.2, 0) is 12.8 Å². The van der Waals surface area contributed by atoms with Gasteiger partial charge in [0.25, 0.3) is 0 Å². The lowest BCUT2D eigenvalue weighted by Crippen LogP contribution is -1.95. The van der Waals surface area contributed by atoms with Crippen molar-refractivity contribution in [3.05, 3.63) is 65.7 Å². The summed E-state index contributed by atoms with van der Waals surface area (Å²) in [4.78, 5) is 0. The molecule has 2 aromatic carbocycles. The summed E-state index contributed by atoms with van der Waals surface area (Å²) in [7, 11) is 1.87. The van der Waals surface area contributed by atoms with Gasteiger partial charge in [-0.15, -0.1) is 10.2 Å². The first-order valence-electron chi connectivity index (χ1n) is 6.66. The molecule has 3 rings (SSSR count). The van der Waals surface area contributed by atoms with E-state index in [-0.39, 0.29) is 11.6 Å². The van der Waals surface area contributed by atoms with Gasteiger partial charge in [-0.1, -0.05) is 23.9 Å². The maximum atomic E-state index is 13.0. The Kier molecular flexibility index (Phi) is 4.20. The summed E-state index contributed by atoms with van der Waals surface area (Å²) in [6, 6.07) is 12.5. The highest BCUT2D eigenvalue weighted by atomic mass is 32.2. The second-order valence-electron chi connectivity index (χ2n) is 4.79. The van der Waals surface area contributed by atoms with Gasteiger partial charge in [-0.2, -0.15) is 0 Å². The van der Waals surface area contributed by atoms with Gasteiger partial charge in [0, 0.05) is 18.4 Å². The van der Waals surface area contributed by atoms with E-state index in [1.807, 2.05) is 11.6 Å². The van der Waals surface area contributed by atoms with Gasteiger partial charge in [-0.3, -0.25) is 0 Å². The van der Waals surface area contributed by atoms with E-state index in [1.54, 1.807) is 24.3 Å². The van der Waals surface area contributed by atoms with Crippen molar-refractivity contribution in [3.8, 4) is 11.4 Å². The predicted molar refractivity (Wildman–Crippen MR) is 82.4 cm³/mol. The van der Waals surface area contributed by atoms with E-state index in [0.717, 1.165) is 16.3 Å². The number of halogens is 2. The van der Waals surface area contributed by atoms with Crippen LogP contribution in [0.15, 0.2) is 53.7 Å². The van der Waals surface area contributed by atoms with Crippen molar-refractivity contribution >= 4 is 11.8 Å². The van der Waals surface area contributed by atoms with Gasteiger partial charge in [-0.25, -0.2) is 8.78 Å². The molecule has 0 unspecified atom stereocenters. The molecule has 3 nitrogen and oxygen atoms in total. The minimum Gasteiger partial charge on any atom is -0.305 e. The van der Waals surface area contributed by atoms with Crippen molar-refractivity contribution in [2.24, 2.45) is 7.05 Å². The molecule has 6 heteroatoms. The standard InChI is InChI=1S/C16H13F2N3S/c1-21-15(12-4-8-14(18)9-5-12)19-20-16(21)22-10-11-2-6-13(17)7-3-11/h2-9H,10H2,1H3. The lowest BCUT2D eigenvalue weighted by Gasteiger charge is -2.04. The van der Waals surface area contributed by atoms with Crippen LogP contribution in [0.2, 0.25) is 0 Å². The van der Waals surface area contributed by atoms with E-state index in [0.29, 0.717) is 11.6 Å². The van der Waals surface area contributed by atoms with Crippen LogP contribution >= 0.6 is 11.8 Å². The number of nitrogens with zero attached hydrogens (tertiary/aromatic N) is 3. The third-order valence-electron chi connectivity index (χ3n) is 3.22. The SMILES string of the molecule is Cn1c(SCc2ccc(F)cc2)nnc1-c1ccc(F)cc1. The summed E-state index contributed by atoms with van der Waals surface area (Å²) in [5.74, 6) is 0.833. The Labute approximate surface area is 131 Å². The van der Waals surface area contributed by atoms with Gasteiger partial charge in [0.05, 0.1) is 0 Å². The number of aromatic nitrogens is 3. The van der Waals surface area contributed by atoms with Crippen molar-refractivity contribution < 1.29 is 8.78 Å². The van der Waals surface area contributed by atoms with Crippen LogP contribution in [-0.4, -0.2) is 14.8 Å². The van der Waals surface area contributed by atoms with Crippen LogP contribution in [0.3, 0.4) is 0 Å². The molecule has 0 saturated heterocycles. The Hall–Kier alpha value is -2.21. The molecule has 1 aromatic heterocycles. The molecule has 0 aliphatic rings. The largest absolute Gasteiger partial charge is 0.305 e. The Balaban J connectivity index is 1.75. The average Bonchev–Trinajstić information content (AvgIpc) is 2.89. The van der Waals surface area contributed by atoms with E-state index >= 15 is 0 Å². The number of hydrogen-bond donors (Lipinski definition) is 0. The maximum Gasteiger partial charge on any atom is 0.191 e. The first-order chi connectivity index (χ1) is 10.6. The molecule has 0 aliphatic heterocycles. The fourth-order valence-electron chi connectivity index (χ4n) is 2.02. The summed E-state index contributed by atoms with van der Waals surface area (Å²) in [5.41, 5.74) is 1.82. The molecule has 0 aliphatic carbocycles. The number of hydrogen-bond acceptors (Lipinski definition) is 3. The van der Waals surface area contributed by atoms with Gasteiger partial charge in [0.15, 0.2) is 11.0 Å². The zero-order chi connectivity index (χ0) is 15.5. The molecular weight excluding hydrogens is 304 g/mol. The van der Waals surface area contributed by atoms with Crippen molar-refractivity contribution in [2.75, 3.05) is 0 Å². The summed E-state index contributed by atoms with van der Waals surface area (Å²) in [5, 5.41) is 9.06. The minimum atomic E-state index is -0.281. The Morgan fingerprint density at radius 2 is 1.50 bits per heavy atom. The first-order valence-corrected chi connectivity index (χ1v) is 7.64. The van der Waals surface area contributed by atoms with Crippen LogP contribution < -0.4 is 0 Å². The Morgan fingerprint density at radius 1 is 0.909 bits per heavy atom. The summed E-state index contributed by atoms with van der Waals surface area (Å²) < 4.78 is 27.7. The molecule has 0 amide bonds. The van der Waals surface area contributed by atoms with Crippen molar-refractivity contribution in [2.45, 2.75) is 10.9 Å². The second kappa shape index (κ2) is 6.27. The summed E-state index contributed by atoms with van der Waals surface area (Å²) >= 11 is 1.52. The summed E-state index contributed by atoms with van der Waals surface area (Å²) in [6.07, 6.45) is 0. The number of thioether (sulfide) groups is 1. The van der Waals surface area contributed by atoms with Crippen molar-refractivity contribution in [1.29, 1.82) is 0 Å². The fraction of sp³-hybridized carbons (Fsp3) is 0.125. The molecule has 0 bridgehead atoms. The molecule has 3 aromatic rings. The molecule has 22 heavy (non-hydrogen) atoms. The Morgan fingerprint density at radius 3 is 2.14 bits per heavy atom. The van der Waals surface area contributed by atoms with Crippen LogP contribution in [0.5, 0.6) is 0 Å². The average molecular weight is 317 g/mol. The van der Waals surface area contributed by atoms with Crippen LogP contribution in [0.25, 0.3) is 11.4 Å². The van der Waals surface area contributed by atoms with Gasteiger partial charge < -0.3 is 4.57 Å². The normalized spacial score (nSPS) is 10.9. The molecule has 0 spiro atoms.